The van der Waals surface area contributed by atoms with Gasteiger partial charge in [-0.3, -0.25) is 14.5 Å². The minimum absolute atomic E-state index is 0.255. The maximum absolute atomic E-state index is 5.85. The zero-order valence-corrected chi connectivity index (χ0v) is 15.7. The normalized spacial score (nSPS) is 21.3. The maximum Gasteiger partial charge on any atom is 0.191 e. The first-order chi connectivity index (χ1) is 12.9. The predicted molar refractivity (Wildman–Crippen MR) is 100 cm³/mol. The Balaban J connectivity index is 1.46. The second-order valence-corrected chi connectivity index (χ2v) is 7.65. The Morgan fingerprint density at radius 2 is 1.96 bits per heavy atom. The summed E-state index contributed by atoms with van der Waals surface area (Å²) < 4.78 is 13.5. The molecule has 1 unspecified atom stereocenters. The van der Waals surface area contributed by atoms with Gasteiger partial charge in [0, 0.05) is 50.0 Å². The quantitative estimate of drug-likeness (QED) is 0.685. The highest BCUT2D eigenvalue weighted by atomic mass is 32.2. The Bertz CT molecular complexity index is 684. The smallest absolute Gasteiger partial charge is 0.191 e. The molecule has 0 amide bonds. The number of nitrogens with zero attached hydrogens (tertiary/aromatic N) is 5. The van der Waals surface area contributed by atoms with Crippen LogP contribution in [0.2, 0.25) is 0 Å². The van der Waals surface area contributed by atoms with Gasteiger partial charge < -0.3 is 9.47 Å². The number of hydrogen-bond acceptors (Lipinski definition) is 7. The molecule has 2 saturated heterocycles. The summed E-state index contributed by atoms with van der Waals surface area (Å²) in [4.78, 5) is 6.55. The Morgan fingerprint density at radius 1 is 1.12 bits per heavy atom. The average Bonchev–Trinajstić information content (AvgIpc) is 3.34. The van der Waals surface area contributed by atoms with Gasteiger partial charge in [0.1, 0.15) is 0 Å². The molecule has 8 heteroatoms. The molecule has 0 aromatic carbocycles. The van der Waals surface area contributed by atoms with Crippen LogP contribution in [0, 0.1) is 0 Å². The van der Waals surface area contributed by atoms with Crippen LogP contribution in [0.4, 0.5) is 0 Å². The fraction of sp³-hybridized carbons (Fsp3) is 0.611. The summed E-state index contributed by atoms with van der Waals surface area (Å²) in [5, 5.41) is 9.92. The molecule has 2 aliphatic heterocycles. The highest BCUT2D eigenvalue weighted by molar-refractivity contribution is 7.99. The van der Waals surface area contributed by atoms with Crippen molar-refractivity contribution in [2.45, 2.75) is 30.6 Å². The second kappa shape index (κ2) is 8.94. The van der Waals surface area contributed by atoms with Crippen molar-refractivity contribution in [1.82, 2.24) is 24.6 Å². The van der Waals surface area contributed by atoms with Gasteiger partial charge in [0.25, 0.3) is 0 Å². The standard InChI is InChI=1S/C18H25N5O2S/c1-2-16(25-10-1)14-23-17(15-3-5-19-6-4-15)20-21-18(23)26-13-9-22-7-11-24-12-8-22/h3-6,16H,1-2,7-14H2. The molecule has 1 atom stereocenters. The van der Waals surface area contributed by atoms with Gasteiger partial charge in [-0.05, 0) is 25.0 Å². The van der Waals surface area contributed by atoms with E-state index in [-0.39, 0.29) is 6.10 Å². The SMILES string of the molecule is c1cc(-c2nnc(SCCN3CCOCC3)n2CC2CCCO2)ccn1. The molecule has 2 fully saturated rings. The molecule has 0 radical (unpaired) electrons. The van der Waals surface area contributed by atoms with Crippen LogP contribution in [0.25, 0.3) is 11.4 Å². The maximum atomic E-state index is 5.85. The van der Waals surface area contributed by atoms with Crippen molar-refractivity contribution in [3.05, 3.63) is 24.5 Å². The van der Waals surface area contributed by atoms with Crippen LogP contribution < -0.4 is 0 Å². The van der Waals surface area contributed by atoms with Gasteiger partial charge in [-0.2, -0.15) is 0 Å². The first-order valence-electron chi connectivity index (χ1n) is 9.28. The van der Waals surface area contributed by atoms with Crippen LogP contribution in [0.1, 0.15) is 12.8 Å². The van der Waals surface area contributed by atoms with E-state index in [1.165, 1.54) is 0 Å². The van der Waals surface area contributed by atoms with E-state index in [0.29, 0.717) is 0 Å². The van der Waals surface area contributed by atoms with E-state index < -0.39 is 0 Å². The second-order valence-electron chi connectivity index (χ2n) is 6.59. The van der Waals surface area contributed by atoms with Crippen LogP contribution in [0.5, 0.6) is 0 Å². The zero-order chi connectivity index (χ0) is 17.6. The number of morpholine rings is 1. The summed E-state index contributed by atoms with van der Waals surface area (Å²) in [7, 11) is 0. The number of ether oxygens (including phenoxy) is 2. The number of hydrogen-bond donors (Lipinski definition) is 0. The average molecular weight is 375 g/mol. The van der Waals surface area contributed by atoms with Crippen molar-refractivity contribution >= 4 is 11.8 Å². The molecule has 2 aliphatic rings. The van der Waals surface area contributed by atoms with Crippen molar-refractivity contribution in [3.8, 4) is 11.4 Å². The molecule has 0 spiro atoms. The molecule has 2 aromatic rings. The van der Waals surface area contributed by atoms with Gasteiger partial charge >= 0.3 is 0 Å². The van der Waals surface area contributed by atoms with E-state index in [4.69, 9.17) is 9.47 Å². The highest BCUT2D eigenvalue weighted by Gasteiger charge is 2.22. The van der Waals surface area contributed by atoms with E-state index in [0.717, 1.165) is 81.1 Å². The van der Waals surface area contributed by atoms with Gasteiger partial charge in [-0.25, -0.2) is 0 Å². The third-order valence-corrected chi connectivity index (χ3v) is 5.75. The van der Waals surface area contributed by atoms with Crippen LogP contribution in [-0.2, 0) is 16.0 Å². The molecule has 140 valence electrons. The zero-order valence-electron chi connectivity index (χ0n) is 14.9. The topological polar surface area (TPSA) is 65.3 Å². The largest absolute Gasteiger partial charge is 0.379 e. The van der Waals surface area contributed by atoms with Crippen molar-refractivity contribution in [3.63, 3.8) is 0 Å². The summed E-state index contributed by atoms with van der Waals surface area (Å²) in [6.45, 7) is 6.43. The molecule has 2 aromatic heterocycles. The molecule has 4 heterocycles. The molecule has 0 aliphatic carbocycles. The van der Waals surface area contributed by atoms with E-state index >= 15 is 0 Å². The lowest BCUT2D eigenvalue weighted by Gasteiger charge is -2.26. The van der Waals surface area contributed by atoms with Gasteiger partial charge in [0.05, 0.1) is 25.9 Å². The molecular weight excluding hydrogens is 350 g/mol. The Morgan fingerprint density at radius 3 is 2.73 bits per heavy atom. The van der Waals surface area contributed by atoms with E-state index in [1.54, 1.807) is 24.2 Å². The molecule has 7 nitrogen and oxygen atoms in total. The summed E-state index contributed by atoms with van der Waals surface area (Å²) in [6.07, 6.45) is 6.09. The fourth-order valence-electron chi connectivity index (χ4n) is 3.36. The number of pyridine rings is 1. The summed E-state index contributed by atoms with van der Waals surface area (Å²) >= 11 is 1.78. The van der Waals surface area contributed by atoms with Crippen molar-refractivity contribution in [1.29, 1.82) is 0 Å². The molecule has 26 heavy (non-hydrogen) atoms. The summed E-state index contributed by atoms with van der Waals surface area (Å²) in [5.74, 6) is 1.90. The third kappa shape index (κ3) is 4.43. The number of aromatic nitrogens is 4. The lowest BCUT2D eigenvalue weighted by molar-refractivity contribution is 0.0410. The van der Waals surface area contributed by atoms with Gasteiger partial charge in [0.15, 0.2) is 11.0 Å². The van der Waals surface area contributed by atoms with Crippen LogP contribution in [0.15, 0.2) is 29.7 Å². The van der Waals surface area contributed by atoms with Crippen molar-refractivity contribution in [2.75, 3.05) is 45.2 Å². The summed E-state index contributed by atoms with van der Waals surface area (Å²) in [6, 6.07) is 3.97. The first-order valence-corrected chi connectivity index (χ1v) is 10.3. The number of thioether (sulfide) groups is 1. The molecule has 0 N–H and O–H groups in total. The van der Waals surface area contributed by atoms with Gasteiger partial charge in [-0.15, -0.1) is 10.2 Å². The Kier molecular flexibility index (Phi) is 6.16. The van der Waals surface area contributed by atoms with E-state index in [9.17, 15) is 0 Å². The van der Waals surface area contributed by atoms with E-state index in [1.807, 2.05) is 12.1 Å². The lowest BCUT2D eigenvalue weighted by atomic mass is 10.2. The Hall–Kier alpha value is -1.48. The molecule has 4 rings (SSSR count). The third-order valence-electron chi connectivity index (χ3n) is 4.81. The van der Waals surface area contributed by atoms with Crippen LogP contribution in [-0.4, -0.2) is 76.0 Å². The van der Waals surface area contributed by atoms with Crippen LogP contribution >= 0.6 is 11.8 Å². The van der Waals surface area contributed by atoms with E-state index in [2.05, 4.69) is 24.6 Å². The van der Waals surface area contributed by atoms with Gasteiger partial charge in [-0.1, -0.05) is 11.8 Å². The minimum Gasteiger partial charge on any atom is -0.379 e. The monoisotopic (exact) mass is 375 g/mol. The van der Waals surface area contributed by atoms with Crippen molar-refractivity contribution < 1.29 is 9.47 Å². The molecule has 0 bridgehead atoms. The Labute approximate surface area is 158 Å². The van der Waals surface area contributed by atoms with Crippen molar-refractivity contribution in [2.24, 2.45) is 0 Å². The minimum atomic E-state index is 0.255. The highest BCUT2D eigenvalue weighted by Crippen LogP contribution is 2.26. The van der Waals surface area contributed by atoms with Gasteiger partial charge in [0.2, 0.25) is 0 Å². The first kappa shape index (κ1) is 17.9. The number of rotatable bonds is 7. The predicted octanol–water partition coefficient (Wildman–Crippen LogP) is 1.94. The molecular formula is C18H25N5O2S. The lowest BCUT2D eigenvalue weighted by Crippen LogP contribution is -2.37. The fourth-order valence-corrected chi connectivity index (χ4v) is 4.30. The van der Waals surface area contributed by atoms with Crippen LogP contribution in [0.3, 0.4) is 0 Å². The summed E-state index contributed by atoms with van der Waals surface area (Å²) in [5.41, 5.74) is 1.05. The molecule has 0 saturated carbocycles.